The van der Waals surface area contributed by atoms with E-state index in [1.54, 1.807) is 0 Å². The number of hydrogen-bond acceptors (Lipinski definition) is 5. The third kappa shape index (κ3) is 2.76. The van der Waals surface area contributed by atoms with E-state index in [2.05, 4.69) is 9.97 Å². The Kier molecular flexibility index (Phi) is 3.37. The fraction of sp³-hybridized carbons (Fsp3) is 0.286. The van der Waals surface area contributed by atoms with Crippen molar-refractivity contribution in [3.05, 3.63) is 17.7 Å². The molecule has 1 atom stereocenters. The molecule has 0 bridgehead atoms. The van der Waals surface area contributed by atoms with Crippen LogP contribution in [0.4, 0.5) is 0 Å². The Morgan fingerprint density at radius 3 is 2.87 bits per heavy atom. The van der Waals surface area contributed by atoms with Gasteiger partial charge in [-0.3, -0.25) is 14.8 Å². The second-order valence-electron chi connectivity index (χ2n) is 2.85. The number of hydrogen-bond donors (Lipinski definition) is 5. The first-order valence-electron chi connectivity index (χ1n) is 4.01. The molecule has 1 heterocycles. The molecule has 1 rings (SSSR count). The van der Waals surface area contributed by atoms with Crippen LogP contribution < -0.4 is 11.2 Å². The zero-order valence-corrected chi connectivity index (χ0v) is 7.60. The summed E-state index contributed by atoms with van der Waals surface area (Å²) in [7, 11) is 0. The van der Waals surface area contributed by atoms with Crippen molar-refractivity contribution in [3.63, 3.8) is 0 Å². The van der Waals surface area contributed by atoms with Gasteiger partial charge in [0.25, 0.3) is 0 Å². The minimum absolute atomic E-state index is 0.0288. The highest BCUT2D eigenvalue weighted by Crippen LogP contribution is 2.00. The van der Waals surface area contributed by atoms with Crippen LogP contribution in [-0.2, 0) is 11.2 Å². The van der Waals surface area contributed by atoms with Crippen molar-refractivity contribution in [1.82, 2.24) is 15.4 Å². The van der Waals surface area contributed by atoms with Gasteiger partial charge >= 0.3 is 11.9 Å². The molecule has 1 aromatic heterocycles. The van der Waals surface area contributed by atoms with E-state index in [1.807, 2.05) is 0 Å². The molecule has 1 unspecified atom stereocenters. The summed E-state index contributed by atoms with van der Waals surface area (Å²) in [5.41, 5.74) is 7.07. The molecule has 0 aliphatic carbocycles. The second-order valence-corrected chi connectivity index (χ2v) is 2.85. The number of carbonyl (C=O) groups excluding carboxylic acids is 1. The summed E-state index contributed by atoms with van der Waals surface area (Å²) >= 11 is 0. The maximum absolute atomic E-state index is 10.8. The van der Waals surface area contributed by atoms with Crippen LogP contribution in [0.1, 0.15) is 16.3 Å². The van der Waals surface area contributed by atoms with E-state index in [4.69, 9.17) is 16.0 Å². The Bertz CT molecular complexity index is 375. The van der Waals surface area contributed by atoms with Crippen molar-refractivity contribution in [3.8, 4) is 0 Å². The molecule has 0 radical (unpaired) electrons. The van der Waals surface area contributed by atoms with Gasteiger partial charge in [0.1, 0.15) is 6.04 Å². The van der Waals surface area contributed by atoms with Crippen molar-refractivity contribution < 1.29 is 19.9 Å². The van der Waals surface area contributed by atoms with Crippen LogP contribution in [0.5, 0.6) is 0 Å². The molecular formula is C7H10N4O4. The van der Waals surface area contributed by atoms with E-state index in [0.717, 1.165) is 0 Å². The molecule has 1 aromatic rings. The van der Waals surface area contributed by atoms with Crippen molar-refractivity contribution in [2.75, 3.05) is 0 Å². The molecule has 0 saturated carbocycles. The molecule has 82 valence electrons. The zero-order valence-electron chi connectivity index (χ0n) is 7.60. The number of nitrogens with two attached hydrogens (primary N) is 1. The number of nitrogens with one attached hydrogen (secondary N) is 2. The topological polar surface area (TPSA) is 141 Å². The first kappa shape index (κ1) is 11.1. The molecule has 0 fully saturated rings. The minimum Gasteiger partial charge on any atom is -0.480 e. The first-order valence-corrected chi connectivity index (χ1v) is 4.01. The Morgan fingerprint density at radius 1 is 1.67 bits per heavy atom. The predicted molar refractivity (Wildman–Crippen MR) is 47.2 cm³/mol. The lowest BCUT2D eigenvalue weighted by Gasteiger charge is -2.02. The fourth-order valence-electron chi connectivity index (χ4n) is 0.955. The largest absolute Gasteiger partial charge is 0.480 e. The molecule has 8 nitrogen and oxygen atoms in total. The van der Waals surface area contributed by atoms with Gasteiger partial charge < -0.3 is 15.8 Å². The van der Waals surface area contributed by atoms with Crippen LogP contribution in [0.2, 0.25) is 0 Å². The van der Waals surface area contributed by atoms with E-state index in [9.17, 15) is 9.59 Å². The monoisotopic (exact) mass is 214 g/mol. The number of aliphatic carboxylic acids is 1. The molecule has 15 heavy (non-hydrogen) atoms. The number of imidazole rings is 1. The van der Waals surface area contributed by atoms with Crippen LogP contribution >= 0.6 is 0 Å². The number of aromatic nitrogens is 2. The lowest BCUT2D eigenvalue weighted by Crippen LogP contribution is -2.32. The van der Waals surface area contributed by atoms with Crippen LogP contribution in [-0.4, -0.2) is 38.2 Å². The smallest absolute Gasteiger partial charge is 0.320 e. The molecule has 0 spiro atoms. The molecule has 6 N–H and O–H groups in total. The number of carboxylic acids is 1. The molecule has 0 aliphatic rings. The number of carboxylic acid groups (broad SMARTS) is 1. The summed E-state index contributed by atoms with van der Waals surface area (Å²) in [6.45, 7) is 0. The Morgan fingerprint density at radius 2 is 2.33 bits per heavy atom. The highest BCUT2D eigenvalue weighted by Gasteiger charge is 2.15. The van der Waals surface area contributed by atoms with E-state index in [-0.39, 0.29) is 12.2 Å². The molecular weight excluding hydrogens is 204 g/mol. The van der Waals surface area contributed by atoms with Crippen LogP contribution in [0.3, 0.4) is 0 Å². The number of carbonyl (C=O) groups is 2. The van der Waals surface area contributed by atoms with Crippen LogP contribution in [0.15, 0.2) is 6.20 Å². The summed E-state index contributed by atoms with van der Waals surface area (Å²) in [4.78, 5) is 27.4. The quantitative estimate of drug-likeness (QED) is 0.304. The Labute approximate surface area is 84.1 Å². The molecule has 8 heteroatoms. The van der Waals surface area contributed by atoms with Gasteiger partial charge in [0.15, 0.2) is 5.82 Å². The van der Waals surface area contributed by atoms with Crippen molar-refractivity contribution in [2.45, 2.75) is 12.5 Å². The number of aromatic amines is 1. The highest BCUT2D eigenvalue weighted by atomic mass is 16.5. The van der Waals surface area contributed by atoms with Gasteiger partial charge in [0.05, 0.1) is 0 Å². The zero-order chi connectivity index (χ0) is 11.4. The second kappa shape index (κ2) is 4.53. The van der Waals surface area contributed by atoms with Crippen molar-refractivity contribution >= 4 is 11.9 Å². The molecule has 0 saturated heterocycles. The fourth-order valence-corrected chi connectivity index (χ4v) is 0.955. The lowest BCUT2D eigenvalue weighted by molar-refractivity contribution is -0.138. The van der Waals surface area contributed by atoms with Gasteiger partial charge in [0, 0.05) is 18.3 Å². The van der Waals surface area contributed by atoms with Crippen LogP contribution in [0, 0.1) is 0 Å². The number of hydroxylamine groups is 1. The summed E-state index contributed by atoms with van der Waals surface area (Å²) in [6.07, 6.45) is 1.31. The standard InChI is InChI=1S/C7H10N4O4/c8-4(7(13)14)1-3-2-9-5(10-3)6(12)11-15/h2,4,15H,1,8H2,(H,9,10)(H,11,12)(H,13,14). The summed E-state index contributed by atoms with van der Waals surface area (Å²) < 4.78 is 0. The predicted octanol–water partition coefficient (Wildman–Crippen LogP) is -1.52. The average Bonchev–Trinajstić information content (AvgIpc) is 2.65. The molecule has 0 aromatic carbocycles. The van der Waals surface area contributed by atoms with E-state index >= 15 is 0 Å². The first-order chi connectivity index (χ1) is 7.04. The normalized spacial score (nSPS) is 12.1. The average molecular weight is 214 g/mol. The van der Waals surface area contributed by atoms with Gasteiger partial charge in [-0.15, -0.1) is 0 Å². The van der Waals surface area contributed by atoms with Gasteiger partial charge in [-0.2, -0.15) is 0 Å². The number of H-pyrrole nitrogens is 1. The van der Waals surface area contributed by atoms with Gasteiger partial charge in [-0.1, -0.05) is 0 Å². The summed E-state index contributed by atoms with van der Waals surface area (Å²) in [6, 6.07) is -1.06. The number of amides is 1. The van der Waals surface area contributed by atoms with E-state index in [1.165, 1.54) is 11.7 Å². The Balaban J connectivity index is 2.68. The maximum Gasteiger partial charge on any atom is 0.320 e. The highest BCUT2D eigenvalue weighted by molar-refractivity contribution is 5.89. The summed E-state index contributed by atoms with van der Waals surface area (Å²) in [5.74, 6) is -2.05. The van der Waals surface area contributed by atoms with E-state index in [0.29, 0.717) is 5.69 Å². The minimum atomic E-state index is -1.14. The third-order valence-electron chi connectivity index (χ3n) is 1.70. The number of nitrogens with zero attached hydrogens (tertiary/aromatic N) is 1. The third-order valence-corrected chi connectivity index (χ3v) is 1.70. The van der Waals surface area contributed by atoms with E-state index < -0.39 is 17.9 Å². The summed E-state index contributed by atoms with van der Waals surface area (Å²) in [5, 5.41) is 16.8. The van der Waals surface area contributed by atoms with Gasteiger partial charge in [-0.05, 0) is 0 Å². The SMILES string of the molecule is NC(Cc1cnc(C(=O)NO)[nH]1)C(=O)O. The molecule has 1 amide bonds. The van der Waals surface area contributed by atoms with Gasteiger partial charge in [-0.25, -0.2) is 10.5 Å². The van der Waals surface area contributed by atoms with Crippen molar-refractivity contribution in [1.29, 1.82) is 0 Å². The van der Waals surface area contributed by atoms with Crippen molar-refractivity contribution in [2.24, 2.45) is 5.73 Å². The number of rotatable bonds is 4. The lowest BCUT2D eigenvalue weighted by atomic mass is 10.2. The van der Waals surface area contributed by atoms with Crippen LogP contribution in [0.25, 0.3) is 0 Å². The Hall–Kier alpha value is -1.93. The van der Waals surface area contributed by atoms with Gasteiger partial charge in [0.2, 0.25) is 0 Å². The maximum atomic E-state index is 10.8. The molecule has 0 aliphatic heterocycles.